The summed E-state index contributed by atoms with van der Waals surface area (Å²) in [5.74, 6) is 0.536. The molecule has 2 aromatic rings. The number of rotatable bonds is 4. The number of methoxy groups -OCH3 is 1. The molecule has 0 aromatic heterocycles. The van der Waals surface area contributed by atoms with Gasteiger partial charge in [-0.15, -0.1) is 0 Å². The number of anilines is 2. The van der Waals surface area contributed by atoms with Gasteiger partial charge in [-0.25, -0.2) is 0 Å². The van der Waals surface area contributed by atoms with Crippen molar-refractivity contribution in [2.75, 3.05) is 30.0 Å². The van der Waals surface area contributed by atoms with Gasteiger partial charge in [0.05, 0.1) is 6.61 Å². The van der Waals surface area contributed by atoms with Crippen LogP contribution >= 0.6 is 0 Å². The molecule has 0 aliphatic carbocycles. The molecular formula is C20H25HfN3O. The molecule has 0 saturated carbocycles. The molecular weight excluding hydrogens is 477 g/mol. The molecule has 4 nitrogen and oxygen atoms in total. The molecule has 0 unspecified atom stereocenters. The molecule has 0 bridgehead atoms. The Labute approximate surface area is 169 Å². The minimum atomic E-state index is 0. The summed E-state index contributed by atoms with van der Waals surface area (Å²) in [5, 5.41) is 8.73. The third kappa shape index (κ3) is 3.87. The molecule has 0 radical (unpaired) electrons. The molecule has 25 heavy (non-hydrogen) atoms. The third-order valence-corrected chi connectivity index (χ3v) is 4.55. The number of para-hydroxylation sites is 1. The van der Waals surface area contributed by atoms with Crippen molar-refractivity contribution in [2.24, 2.45) is 0 Å². The first-order valence-corrected chi connectivity index (χ1v) is 8.31. The summed E-state index contributed by atoms with van der Waals surface area (Å²) in [4.78, 5) is 4.20. The molecule has 2 aromatic carbocycles. The second-order valence-corrected chi connectivity index (χ2v) is 6.44. The van der Waals surface area contributed by atoms with Gasteiger partial charge in [-0.05, 0) is 38.0 Å². The molecule has 1 aliphatic heterocycles. The fourth-order valence-electron chi connectivity index (χ4n) is 3.66. The molecule has 0 amide bonds. The first kappa shape index (κ1) is 19.9. The SMILES string of the molecule is COCc1ccccc1N1CCN(c2c(C)cc(C)cc2C)C1=N.[Hf]. The minimum Gasteiger partial charge on any atom is -0.380 e. The summed E-state index contributed by atoms with van der Waals surface area (Å²) in [6, 6.07) is 12.6. The third-order valence-electron chi connectivity index (χ3n) is 4.55. The van der Waals surface area contributed by atoms with Gasteiger partial charge in [-0.2, -0.15) is 0 Å². The maximum Gasteiger partial charge on any atom is 0.203 e. The molecule has 1 heterocycles. The number of ether oxygens (including phenoxy) is 1. The maximum absolute atomic E-state index is 8.73. The number of nitrogens with zero attached hydrogens (tertiary/aromatic N) is 2. The molecule has 3 rings (SSSR count). The smallest absolute Gasteiger partial charge is 0.203 e. The average Bonchev–Trinajstić information content (AvgIpc) is 2.89. The molecule has 130 valence electrons. The van der Waals surface area contributed by atoms with Gasteiger partial charge in [0, 0.05) is 63.0 Å². The van der Waals surface area contributed by atoms with Gasteiger partial charge in [0.2, 0.25) is 5.96 Å². The second-order valence-electron chi connectivity index (χ2n) is 6.44. The van der Waals surface area contributed by atoms with Crippen LogP contribution in [-0.4, -0.2) is 26.2 Å². The van der Waals surface area contributed by atoms with Crippen LogP contribution in [0.3, 0.4) is 0 Å². The van der Waals surface area contributed by atoms with E-state index in [2.05, 4.69) is 54.8 Å². The van der Waals surface area contributed by atoms with Crippen LogP contribution in [0.15, 0.2) is 36.4 Å². The van der Waals surface area contributed by atoms with Gasteiger partial charge < -0.3 is 14.5 Å². The van der Waals surface area contributed by atoms with Gasteiger partial charge in [0.25, 0.3) is 0 Å². The molecule has 5 heteroatoms. The van der Waals surface area contributed by atoms with E-state index in [-0.39, 0.29) is 25.8 Å². The monoisotopic (exact) mass is 503 g/mol. The summed E-state index contributed by atoms with van der Waals surface area (Å²) in [5.41, 5.74) is 7.06. The molecule has 1 N–H and O–H groups in total. The molecule has 1 saturated heterocycles. The van der Waals surface area contributed by atoms with Crippen LogP contribution in [-0.2, 0) is 37.2 Å². The number of hydrogen-bond donors (Lipinski definition) is 1. The number of hydrogen-bond acceptors (Lipinski definition) is 2. The van der Waals surface area contributed by atoms with Crippen molar-refractivity contribution in [1.29, 1.82) is 5.41 Å². The Bertz CT molecular complexity index is 752. The van der Waals surface area contributed by atoms with Crippen LogP contribution in [0, 0.1) is 26.2 Å². The van der Waals surface area contributed by atoms with E-state index in [1.165, 1.54) is 16.7 Å². The van der Waals surface area contributed by atoms with Gasteiger partial charge in [0.15, 0.2) is 0 Å². The van der Waals surface area contributed by atoms with Crippen LogP contribution < -0.4 is 9.80 Å². The van der Waals surface area contributed by atoms with Gasteiger partial charge in [-0.1, -0.05) is 35.9 Å². The summed E-state index contributed by atoms with van der Waals surface area (Å²) in [6.45, 7) is 8.57. The van der Waals surface area contributed by atoms with E-state index in [1.54, 1.807) is 7.11 Å². The Hall–Kier alpha value is -1.46. The number of guanidine groups is 1. The fraction of sp³-hybridized carbons (Fsp3) is 0.350. The average molecular weight is 502 g/mol. The Balaban J connectivity index is 0.00000225. The van der Waals surface area contributed by atoms with E-state index in [0.717, 1.165) is 30.0 Å². The molecule has 0 spiro atoms. The summed E-state index contributed by atoms with van der Waals surface area (Å²) in [7, 11) is 1.71. The Morgan fingerprint density at radius 1 is 1.00 bits per heavy atom. The summed E-state index contributed by atoms with van der Waals surface area (Å²) in [6.07, 6.45) is 0. The zero-order chi connectivity index (χ0) is 17.3. The number of aryl methyl sites for hydroxylation is 3. The van der Waals surface area contributed by atoms with Gasteiger partial charge >= 0.3 is 0 Å². The van der Waals surface area contributed by atoms with Crippen molar-refractivity contribution in [2.45, 2.75) is 27.4 Å². The summed E-state index contributed by atoms with van der Waals surface area (Å²) >= 11 is 0. The van der Waals surface area contributed by atoms with Crippen LogP contribution in [0.4, 0.5) is 11.4 Å². The second kappa shape index (κ2) is 8.28. The zero-order valence-electron chi connectivity index (χ0n) is 15.4. The van der Waals surface area contributed by atoms with Crippen LogP contribution in [0.5, 0.6) is 0 Å². The van der Waals surface area contributed by atoms with E-state index >= 15 is 0 Å². The predicted molar refractivity (Wildman–Crippen MR) is 100 cm³/mol. The van der Waals surface area contributed by atoms with Crippen molar-refractivity contribution in [3.05, 3.63) is 58.7 Å². The molecule has 1 fully saturated rings. The standard InChI is InChI=1S/C20H25N3O.Hf/c1-14-11-15(2)19(16(3)12-14)23-10-9-22(20(23)21)18-8-6-5-7-17(18)13-24-4;/h5-8,11-12,21H,9-10,13H2,1-4H3;. The van der Waals surface area contributed by atoms with E-state index in [0.29, 0.717) is 12.6 Å². The van der Waals surface area contributed by atoms with Crippen LogP contribution in [0.25, 0.3) is 0 Å². The fourth-order valence-corrected chi connectivity index (χ4v) is 3.66. The first-order chi connectivity index (χ1) is 11.5. The largest absolute Gasteiger partial charge is 0.380 e. The number of benzene rings is 2. The normalized spacial score (nSPS) is 14.0. The maximum atomic E-state index is 8.73. The summed E-state index contributed by atoms with van der Waals surface area (Å²) < 4.78 is 5.32. The Kier molecular flexibility index (Phi) is 6.58. The van der Waals surface area contributed by atoms with E-state index in [9.17, 15) is 0 Å². The van der Waals surface area contributed by atoms with Crippen molar-refractivity contribution in [3.8, 4) is 0 Å². The van der Waals surface area contributed by atoms with Gasteiger partial charge in [-0.3, -0.25) is 5.41 Å². The Morgan fingerprint density at radius 3 is 2.24 bits per heavy atom. The predicted octanol–water partition coefficient (Wildman–Crippen LogP) is 4.02. The van der Waals surface area contributed by atoms with Crippen molar-refractivity contribution >= 4 is 17.3 Å². The number of nitrogens with one attached hydrogen (secondary N) is 1. The Morgan fingerprint density at radius 2 is 1.60 bits per heavy atom. The van der Waals surface area contributed by atoms with Crippen LogP contribution in [0.1, 0.15) is 22.3 Å². The first-order valence-electron chi connectivity index (χ1n) is 8.31. The zero-order valence-corrected chi connectivity index (χ0v) is 19.0. The van der Waals surface area contributed by atoms with Crippen molar-refractivity contribution in [3.63, 3.8) is 0 Å². The van der Waals surface area contributed by atoms with Gasteiger partial charge in [0.1, 0.15) is 0 Å². The topological polar surface area (TPSA) is 39.6 Å². The van der Waals surface area contributed by atoms with Crippen molar-refractivity contribution in [1.82, 2.24) is 0 Å². The van der Waals surface area contributed by atoms with E-state index < -0.39 is 0 Å². The molecule has 0 atom stereocenters. The quantitative estimate of drug-likeness (QED) is 0.643. The van der Waals surface area contributed by atoms with Crippen LogP contribution in [0.2, 0.25) is 0 Å². The van der Waals surface area contributed by atoms with E-state index in [1.807, 2.05) is 12.1 Å². The van der Waals surface area contributed by atoms with E-state index in [4.69, 9.17) is 10.1 Å². The molecule has 1 aliphatic rings. The van der Waals surface area contributed by atoms with Crippen molar-refractivity contribution < 1.29 is 30.6 Å². The minimum absolute atomic E-state index is 0.